The van der Waals surface area contributed by atoms with Gasteiger partial charge in [-0.25, -0.2) is 4.98 Å². The van der Waals surface area contributed by atoms with Gasteiger partial charge >= 0.3 is 11.9 Å². The van der Waals surface area contributed by atoms with Gasteiger partial charge in [0.2, 0.25) is 5.82 Å². The summed E-state index contributed by atoms with van der Waals surface area (Å²) < 4.78 is 14.0. The van der Waals surface area contributed by atoms with E-state index in [0.717, 1.165) is 10.2 Å². The fraction of sp³-hybridized carbons (Fsp3) is 0.250. The molecule has 0 saturated heterocycles. The van der Waals surface area contributed by atoms with Crippen molar-refractivity contribution < 1.29 is 19.1 Å². The van der Waals surface area contributed by atoms with Crippen LogP contribution in [0.15, 0.2) is 35.6 Å². The van der Waals surface area contributed by atoms with Crippen LogP contribution < -0.4 is 9.54 Å². The first-order chi connectivity index (χ1) is 12.0. The number of benzene rings is 1. The van der Waals surface area contributed by atoms with Crippen molar-refractivity contribution in [1.29, 1.82) is 0 Å². The zero-order chi connectivity index (χ0) is 18.0. The van der Waals surface area contributed by atoms with Crippen molar-refractivity contribution >= 4 is 33.4 Å². The lowest BCUT2D eigenvalue weighted by atomic mass is 10.3. The second-order valence-electron chi connectivity index (χ2n) is 5.16. The smallest absolute Gasteiger partial charge is 0.325 e. The van der Waals surface area contributed by atoms with Crippen LogP contribution in [0.3, 0.4) is 0 Å². The largest absolute Gasteiger partial charge is 0.497 e. The number of ether oxygens (including phenoxy) is 2. The third-order valence-corrected chi connectivity index (χ3v) is 4.66. The molecule has 2 aromatic heterocycles. The van der Waals surface area contributed by atoms with E-state index in [2.05, 4.69) is 9.98 Å². The number of aryl methyl sites for hydroxylation is 1. The molecule has 2 heterocycles. The second-order valence-corrected chi connectivity index (χ2v) is 6.17. The molecular weight excluding hydrogens is 344 g/mol. The van der Waals surface area contributed by atoms with Gasteiger partial charge in [-0.05, 0) is 18.2 Å². The third kappa shape index (κ3) is 3.31. The van der Waals surface area contributed by atoms with Crippen molar-refractivity contribution in [3.63, 3.8) is 0 Å². The molecule has 8 nitrogen and oxygen atoms in total. The standard InChI is InChI=1S/C16H16N4O4S/c1-19-7-6-17-14(19)15(22)18-16-20(9-13(21)24-3)11-5-4-10(23-2)8-12(11)25-16/h4-8H,9H2,1-3H3. The second kappa shape index (κ2) is 6.89. The molecule has 0 aliphatic carbocycles. The monoisotopic (exact) mass is 360 g/mol. The highest BCUT2D eigenvalue weighted by atomic mass is 32.1. The zero-order valence-corrected chi connectivity index (χ0v) is 14.7. The van der Waals surface area contributed by atoms with Gasteiger partial charge in [-0.2, -0.15) is 4.99 Å². The molecule has 1 amide bonds. The maximum Gasteiger partial charge on any atom is 0.325 e. The van der Waals surface area contributed by atoms with Crippen molar-refractivity contribution in [3.8, 4) is 5.75 Å². The minimum absolute atomic E-state index is 0.0461. The number of rotatable bonds is 4. The normalized spacial score (nSPS) is 11.7. The van der Waals surface area contributed by atoms with Gasteiger partial charge in [-0.3, -0.25) is 9.59 Å². The molecule has 9 heteroatoms. The van der Waals surface area contributed by atoms with E-state index < -0.39 is 11.9 Å². The third-order valence-electron chi connectivity index (χ3n) is 3.61. The van der Waals surface area contributed by atoms with E-state index in [9.17, 15) is 9.59 Å². The quantitative estimate of drug-likeness (QED) is 0.656. The number of hydrogen-bond acceptors (Lipinski definition) is 6. The Kier molecular flexibility index (Phi) is 4.66. The number of nitrogens with zero attached hydrogens (tertiary/aromatic N) is 4. The molecule has 0 radical (unpaired) electrons. The van der Waals surface area contributed by atoms with Gasteiger partial charge in [0.05, 0.1) is 24.4 Å². The lowest BCUT2D eigenvalue weighted by Gasteiger charge is -2.04. The minimum Gasteiger partial charge on any atom is -0.497 e. The molecule has 0 aliphatic heterocycles. The summed E-state index contributed by atoms with van der Waals surface area (Å²) in [6.45, 7) is -0.0461. The molecule has 0 fully saturated rings. The van der Waals surface area contributed by atoms with Gasteiger partial charge in [0.25, 0.3) is 0 Å². The van der Waals surface area contributed by atoms with E-state index >= 15 is 0 Å². The first kappa shape index (κ1) is 16.9. The molecule has 25 heavy (non-hydrogen) atoms. The van der Waals surface area contributed by atoms with Crippen molar-refractivity contribution in [2.24, 2.45) is 12.0 Å². The Balaban J connectivity index is 2.16. The highest BCUT2D eigenvalue weighted by Gasteiger charge is 2.14. The summed E-state index contributed by atoms with van der Waals surface area (Å²) in [5.74, 6) is -0.00773. The average molecular weight is 360 g/mol. The van der Waals surface area contributed by atoms with Crippen LogP contribution in [-0.2, 0) is 23.1 Å². The minimum atomic E-state index is -0.482. The number of thiazole rings is 1. The van der Waals surface area contributed by atoms with Crippen LogP contribution in [0.5, 0.6) is 5.75 Å². The Morgan fingerprint density at radius 2 is 2.12 bits per heavy atom. The SMILES string of the molecule is COC(=O)Cn1c(=NC(=O)c2nccn2C)sc2cc(OC)ccc21. The van der Waals surface area contributed by atoms with Gasteiger partial charge < -0.3 is 18.6 Å². The van der Waals surface area contributed by atoms with Crippen LogP contribution in [0, 0.1) is 0 Å². The van der Waals surface area contributed by atoms with Gasteiger partial charge in [-0.15, -0.1) is 0 Å². The number of methoxy groups -OCH3 is 2. The predicted molar refractivity (Wildman–Crippen MR) is 91.5 cm³/mol. The lowest BCUT2D eigenvalue weighted by molar-refractivity contribution is -0.141. The van der Waals surface area contributed by atoms with Crippen molar-refractivity contribution in [2.45, 2.75) is 6.54 Å². The highest BCUT2D eigenvalue weighted by Crippen LogP contribution is 2.23. The van der Waals surface area contributed by atoms with Crippen LogP contribution in [0.2, 0.25) is 0 Å². The molecule has 3 rings (SSSR count). The Morgan fingerprint density at radius 3 is 2.76 bits per heavy atom. The summed E-state index contributed by atoms with van der Waals surface area (Å²) in [4.78, 5) is 32.7. The molecule has 0 saturated carbocycles. The Hall–Kier alpha value is -2.94. The van der Waals surface area contributed by atoms with Gasteiger partial charge in [0.1, 0.15) is 12.3 Å². The van der Waals surface area contributed by atoms with Gasteiger partial charge in [-0.1, -0.05) is 11.3 Å². The zero-order valence-electron chi connectivity index (χ0n) is 13.9. The van der Waals surface area contributed by atoms with Gasteiger partial charge in [0, 0.05) is 19.4 Å². The van der Waals surface area contributed by atoms with Crippen LogP contribution >= 0.6 is 11.3 Å². The molecule has 0 aliphatic rings. The number of hydrogen-bond donors (Lipinski definition) is 0. The number of esters is 1. The Morgan fingerprint density at radius 1 is 1.32 bits per heavy atom. The summed E-state index contributed by atoms with van der Waals surface area (Å²) in [7, 11) is 4.61. The number of amides is 1. The van der Waals surface area contributed by atoms with E-state index in [1.54, 1.807) is 35.6 Å². The van der Waals surface area contributed by atoms with Gasteiger partial charge in [0.15, 0.2) is 4.80 Å². The van der Waals surface area contributed by atoms with Crippen LogP contribution in [0.1, 0.15) is 10.6 Å². The molecule has 3 aromatic rings. The number of aromatic nitrogens is 3. The Labute approximate surface area is 147 Å². The molecule has 130 valence electrons. The topological polar surface area (TPSA) is 87.7 Å². The van der Waals surface area contributed by atoms with E-state index in [1.165, 1.54) is 24.6 Å². The molecular formula is C16H16N4O4S. The van der Waals surface area contributed by atoms with Crippen molar-refractivity contribution in [3.05, 3.63) is 41.2 Å². The fourth-order valence-corrected chi connectivity index (χ4v) is 3.38. The van der Waals surface area contributed by atoms with Crippen molar-refractivity contribution in [1.82, 2.24) is 14.1 Å². The van der Waals surface area contributed by atoms with E-state index in [-0.39, 0.29) is 12.4 Å². The molecule has 0 bridgehead atoms. The maximum atomic E-state index is 12.4. The molecule has 0 spiro atoms. The first-order valence-corrected chi connectivity index (χ1v) is 8.15. The summed E-state index contributed by atoms with van der Waals surface area (Å²) in [5.41, 5.74) is 0.766. The van der Waals surface area contributed by atoms with Crippen LogP contribution in [-0.4, -0.2) is 40.2 Å². The molecule has 0 unspecified atom stereocenters. The Bertz CT molecular complexity index is 1010. The summed E-state index contributed by atoms with van der Waals surface area (Å²) >= 11 is 1.29. The number of carbonyl (C=O) groups excluding carboxylic acids is 2. The van der Waals surface area contributed by atoms with Crippen LogP contribution in [0.25, 0.3) is 10.2 Å². The summed E-state index contributed by atoms with van der Waals surface area (Å²) in [5, 5.41) is 0. The average Bonchev–Trinajstić information content (AvgIpc) is 3.18. The maximum absolute atomic E-state index is 12.4. The molecule has 0 N–H and O–H groups in total. The van der Waals surface area contributed by atoms with E-state index in [0.29, 0.717) is 10.6 Å². The number of fused-ring (bicyclic) bond motifs is 1. The summed E-state index contributed by atoms with van der Waals surface area (Å²) in [6.07, 6.45) is 3.20. The number of carbonyl (C=O) groups is 2. The van der Waals surface area contributed by atoms with Crippen LogP contribution in [0.4, 0.5) is 0 Å². The fourth-order valence-electron chi connectivity index (χ4n) is 2.32. The van der Waals surface area contributed by atoms with E-state index in [1.807, 2.05) is 12.1 Å². The lowest BCUT2D eigenvalue weighted by Crippen LogP contribution is -2.23. The predicted octanol–water partition coefficient (Wildman–Crippen LogP) is 1.36. The highest BCUT2D eigenvalue weighted by molar-refractivity contribution is 7.16. The molecule has 1 aromatic carbocycles. The van der Waals surface area contributed by atoms with Crippen molar-refractivity contribution in [2.75, 3.05) is 14.2 Å². The first-order valence-electron chi connectivity index (χ1n) is 7.34. The van der Waals surface area contributed by atoms with E-state index in [4.69, 9.17) is 9.47 Å². The summed E-state index contributed by atoms with van der Waals surface area (Å²) in [6, 6.07) is 5.43. The number of imidazole rings is 1. The molecule has 0 atom stereocenters.